The SMILES string of the molecule is O=c1c2c3c(sc2ncn1Cc1cc2ccccc2s1)CC(NCCCN1CCOCC1)CC3. The summed E-state index contributed by atoms with van der Waals surface area (Å²) >= 11 is 3.47. The third-order valence-corrected chi connectivity index (χ3v) is 9.29. The second-order valence-corrected chi connectivity index (χ2v) is 11.6. The van der Waals surface area contributed by atoms with Crippen molar-refractivity contribution in [2.75, 3.05) is 39.4 Å². The number of nitrogens with one attached hydrogen (secondary N) is 1. The Morgan fingerprint density at radius 2 is 2.06 bits per heavy atom. The number of hydrogen-bond acceptors (Lipinski definition) is 7. The predicted octanol–water partition coefficient (Wildman–Crippen LogP) is 3.89. The van der Waals surface area contributed by atoms with Gasteiger partial charge in [-0.3, -0.25) is 14.3 Å². The fourth-order valence-corrected chi connectivity index (χ4v) is 7.53. The van der Waals surface area contributed by atoms with Crippen LogP contribution in [-0.4, -0.2) is 59.9 Å². The van der Waals surface area contributed by atoms with Crippen LogP contribution in [0.2, 0.25) is 0 Å². The van der Waals surface area contributed by atoms with E-state index < -0.39 is 0 Å². The van der Waals surface area contributed by atoms with Gasteiger partial charge >= 0.3 is 0 Å². The third kappa shape index (κ3) is 4.57. The molecule has 4 aromatic rings. The maximum absolute atomic E-state index is 13.4. The van der Waals surface area contributed by atoms with E-state index in [1.54, 1.807) is 33.6 Å². The molecule has 1 saturated heterocycles. The van der Waals surface area contributed by atoms with Crippen molar-refractivity contribution < 1.29 is 4.74 Å². The van der Waals surface area contributed by atoms with Crippen LogP contribution in [0.4, 0.5) is 0 Å². The highest BCUT2D eigenvalue weighted by molar-refractivity contribution is 7.19. The van der Waals surface area contributed by atoms with Gasteiger partial charge in [-0.1, -0.05) is 18.2 Å². The maximum Gasteiger partial charge on any atom is 0.262 e. The Hall–Kier alpha value is -2.10. The minimum absolute atomic E-state index is 0.108. The normalized spacial score (nSPS) is 19.1. The Balaban J connectivity index is 1.13. The summed E-state index contributed by atoms with van der Waals surface area (Å²) in [5.74, 6) is 0. The molecule has 0 amide bonds. The molecular formula is C26H30N4O2S2. The number of aromatic nitrogens is 2. The molecule has 4 heterocycles. The number of thiophene rings is 2. The van der Waals surface area contributed by atoms with Gasteiger partial charge < -0.3 is 10.1 Å². The zero-order valence-corrected chi connectivity index (χ0v) is 20.9. The van der Waals surface area contributed by atoms with Crippen LogP contribution >= 0.6 is 22.7 Å². The van der Waals surface area contributed by atoms with E-state index in [9.17, 15) is 4.79 Å². The molecule has 3 aromatic heterocycles. The Labute approximate surface area is 207 Å². The van der Waals surface area contributed by atoms with E-state index in [4.69, 9.17) is 9.72 Å². The molecule has 1 fully saturated rings. The van der Waals surface area contributed by atoms with E-state index in [1.807, 2.05) is 0 Å². The van der Waals surface area contributed by atoms with Crippen LogP contribution in [0.25, 0.3) is 20.3 Å². The molecular weight excluding hydrogens is 464 g/mol. The van der Waals surface area contributed by atoms with Crippen molar-refractivity contribution in [3.63, 3.8) is 0 Å². The number of nitrogens with zero attached hydrogens (tertiary/aromatic N) is 3. The summed E-state index contributed by atoms with van der Waals surface area (Å²) in [7, 11) is 0. The smallest absolute Gasteiger partial charge is 0.262 e. The molecule has 1 N–H and O–H groups in total. The fourth-order valence-electron chi connectivity index (χ4n) is 5.20. The predicted molar refractivity (Wildman–Crippen MR) is 140 cm³/mol. The van der Waals surface area contributed by atoms with Crippen LogP contribution in [-0.2, 0) is 24.1 Å². The number of morpholine rings is 1. The minimum atomic E-state index is 0.108. The van der Waals surface area contributed by atoms with Gasteiger partial charge in [-0.25, -0.2) is 4.98 Å². The summed E-state index contributed by atoms with van der Waals surface area (Å²) in [6.07, 6.45) is 5.95. The molecule has 0 saturated carbocycles. The molecule has 34 heavy (non-hydrogen) atoms. The monoisotopic (exact) mass is 494 g/mol. The lowest BCUT2D eigenvalue weighted by Gasteiger charge is -2.27. The summed E-state index contributed by atoms with van der Waals surface area (Å²) in [6.45, 7) is 6.61. The first-order valence-corrected chi connectivity index (χ1v) is 13.9. The highest BCUT2D eigenvalue weighted by atomic mass is 32.1. The number of fused-ring (bicyclic) bond motifs is 4. The first-order chi connectivity index (χ1) is 16.7. The minimum Gasteiger partial charge on any atom is -0.379 e. The second-order valence-electron chi connectivity index (χ2n) is 9.31. The highest BCUT2D eigenvalue weighted by Crippen LogP contribution is 2.34. The Morgan fingerprint density at radius 3 is 2.94 bits per heavy atom. The van der Waals surface area contributed by atoms with Gasteiger partial charge in [0, 0.05) is 33.6 Å². The number of ether oxygens (including phenoxy) is 1. The fraction of sp³-hybridized carbons (Fsp3) is 0.462. The molecule has 1 aromatic carbocycles. The molecule has 6 nitrogen and oxygen atoms in total. The molecule has 1 aliphatic heterocycles. The topological polar surface area (TPSA) is 59.4 Å². The summed E-state index contributed by atoms with van der Waals surface area (Å²) in [4.78, 5) is 24.1. The molecule has 0 spiro atoms. The summed E-state index contributed by atoms with van der Waals surface area (Å²) in [5.41, 5.74) is 1.35. The largest absolute Gasteiger partial charge is 0.379 e. The maximum atomic E-state index is 13.4. The quantitative estimate of drug-likeness (QED) is 0.395. The Kier molecular flexibility index (Phi) is 6.49. The number of rotatable bonds is 7. The van der Waals surface area contributed by atoms with Gasteiger partial charge in [0.2, 0.25) is 0 Å². The molecule has 1 atom stereocenters. The summed E-state index contributed by atoms with van der Waals surface area (Å²) < 4.78 is 8.48. The van der Waals surface area contributed by atoms with E-state index in [0.29, 0.717) is 12.6 Å². The van der Waals surface area contributed by atoms with E-state index in [2.05, 4.69) is 40.5 Å². The van der Waals surface area contributed by atoms with Crippen LogP contribution in [0, 0.1) is 0 Å². The van der Waals surface area contributed by atoms with Gasteiger partial charge in [0.05, 0.1) is 31.5 Å². The Bertz CT molecular complexity index is 1320. The van der Waals surface area contributed by atoms with Gasteiger partial charge in [-0.05, 0) is 61.9 Å². The van der Waals surface area contributed by atoms with Crippen molar-refractivity contribution >= 4 is 43.0 Å². The molecule has 1 unspecified atom stereocenters. The first kappa shape index (κ1) is 22.4. The number of benzene rings is 1. The van der Waals surface area contributed by atoms with Crippen LogP contribution in [0.1, 0.15) is 28.2 Å². The van der Waals surface area contributed by atoms with E-state index in [-0.39, 0.29) is 5.56 Å². The molecule has 1 aliphatic carbocycles. The summed E-state index contributed by atoms with van der Waals surface area (Å²) in [5, 5.41) is 5.86. The summed E-state index contributed by atoms with van der Waals surface area (Å²) in [6, 6.07) is 11.1. The van der Waals surface area contributed by atoms with Crippen LogP contribution in [0.3, 0.4) is 0 Å². The van der Waals surface area contributed by atoms with E-state index in [0.717, 1.165) is 68.9 Å². The van der Waals surface area contributed by atoms with Gasteiger partial charge in [0.15, 0.2) is 0 Å². The standard InChI is InChI=1S/C26H30N4O2S2/c31-26-24-21-7-6-19(27-8-3-9-29-10-12-32-13-11-29)15-23(21)34-25(24)28-17-30(26)16-20-14-18-4-1-2-5-22(18)33-20/h1-2,4-5,14,17,19,27H,3,6-13,15-16H2. The molecule has 178 valence electrons. The van der Waals surface area contributed by atoms with E-state index >= 15 is 0 Å². The van der Waals surface area contributed by atoms with Crippen molar-refractivity contribution in [1.82, 2.24) is 19.8 Å². The average Bonchev–Trinajstić information content (AvgIpc) is 3.45. The van der Waals surface area contributed by atoms with Crippen molar-refractivity contribution in [3.8, 4) is 0 Å². The van der Waals surface area contributed by atoms with Crippen LogP contribution in [0.5, 0.6) is 0 Å². The second kappa shape index (κ2) is 9.87. The average molecular weight is 495 g/mol. The number of aryl methyl sites for hydroxylation is 1. The van der Waals surface area contributed by atoms with Crippen LogP contribution < -0.4 is 10.9 Å². The third-order valence-electron chi connectivity index (χ3n) is 7.03. The lowest BCUT2D eigenvalue weighted by atomic mass is 9.93. The Morgan fingerprint density at radius 1 is 1.18 bits per heavy atom. The van der Waals surface area contributed by atoms with Gasteiger partial charge in [-0.15, -0.1) is 22.7 Å². The zero-order valence-electron chi connectivity index (χ0n) is 19.3. The lowest BCUT2D eigenvalue weighted by Crippen LogP contribution is -2.39. The lowest BCUT2D eigenvalue weighted by molar-refractivity contribution is 0.0373. The van der Waals surface area contributed by atoms with Crippen molar-refractivity contribution in [1.29, 1.82) is 0 Å². The van der Waals surface area contributed by atoms with Crippen molar-refractivity contribution in [3.05, 3.63) is 62.3 Å². The molecule has 2 aliphatic rings. The van der Waals surface area contributed by atoms with Gasteiger partial charge in [0.1, 0.15) is 4.83 Å². The van der Waals surface area contributed by atoms with Crippen molar-refractivity contribution in [2.24, 2.45) is 0 Å². The molecule has 0 bridgehead atoms. The van der Waals surface area contributed by atoms with Crippen LogP contribution in [0.15, 0.2) is 41.5 Å². The number of hydrogen-bond donors (Lipinski definition) is 1. The first-order valence-electron chi connectivity index (χ1n) is 12.3. The van der Waals surface area contributed by atoms with Gasteiger partial charge in [0.25, 0.3) is 5.56 Å². The van der Waals surface area contributed by atoms with E-state index in [1.165, 1.54) is 31.8 Å². The van der Waals surface area contributed by atoms with Crippen molar-refractivity contribution in [2.45, 2.75) is 38.3 Å². The van der Waals surface area contributed by atoms with Gasteiger partial charge in [-0.2, -0.15) is 0 Å². The zero-order chi connectivity index (χ0) is 22.9. The molecule has 0 radical (unpaired) electrons. The molecule has 6 rings (SSSR count). The highest BCUT2D eigenvalue weighted by Gasteiger charge is 2.25. The molecule has 8 heteroatoms.